The van der Waals surface area contributed by atoms with E-state index in [0.717, 1.165) is 58.3 Å². The minimum atomic E-state index is -2.84. The van der Waals surface area contributed by atoms with E-state index in [0.29, 0.717) is 6.42 Å². The Morgan fingerprint density at radius 1 is 0.939 bits per heavy atom. The average Bonchev–Trinajstić information content (AvgIpc) is 2.78. The molecule has 0 amide bonds. The van der Waals surface area contributed by atoms with E-state index < -0.39 is 42.5 Å². The lowest BCUT2D eigenvalue weighted by Crippen LogP contribution is -2.73. The van der Waals surface area contributed by atoms with Gasteiger partial charge in [-0.2, -0.15) is 0 Å². The summed E-state index contributed by atoms with van der Waals surface area (Å²) in [4.78, 5) is 12.1. The predicted octanol–water partition coefficient (Wildman–Crippen LogP) is 2.63. The molecule has 190 valence electrons. The quantitative estimate of drug-likeness (QED) is 0.107. The molecule has 0 aromatic carbocycles. The van der Waals surface area contributed by atoms with E-state index in [1.165, 1.54) is 0 Å². The summed E-state index contributed by atoms with van der Waals surface area (Å²) >= 11 is 0. The fourth-order valence-electron chi connectivity index (χ4n) is 3.57. The highest BCUT2D eigenvalue weighted by Gasteiger charge is 2.64. The second-order valence-electron chi connectivity index (χ2n) is 8.53. The first-order chi connectivity index (χ1) is 15.7. The number of carbonyl (C=O) groups excluding carboxylic acids is 1. The number of hydrogen-bond acceptors (Lipinski definition) is 8. The van der Waals surface area contributed by atoms with Gasteiger partial charge in [0.2, 0.25) is 5.79 Å². The molecule has 1 unspecified atom stereocenters. The van der Waals surface area contributed by atoms with Gasteiger partial charge >= 0.3 is 5.97 Å². The Balaban J connectivity index is 2.20. The van der Waals surface area contributed by atoms with Crippen molar-refractivity contribution < 1.29 is 39.8 Å². The Hall–Kier alpha value is -1.55. The molecule has 8 heteroatoms. The number of ether oxygens (including phenoxy) is 2. The maximum Gasteiger partial charge on any atom is 0.308 e. The van der Waals surface area contributed by atoms with Crippen molar-refractivity contribution in [2.45, 2.75) is 108 Å². The molecule has 0 bridgehead atoms. The third kappa shape index (κ3) is 9.68. The van der Waals surface area contributed by atoms with Crippen LogP contribution in [0.3, 0.4) is 0 Å². The number of esters is 1. The van der Waals surface area contributed by atoms with Gasteiger partial charge in [0.1, 0.15) is 12.2 Å². The number of aliphatic hydroxyl groups excluding tert-OH is 3. The second-order valence-corrected chi connectivity index (χ2v) is 8.53. The van der Waals surface area contributed by atoms with Gasteiger partial charge in [-0.25, -0.2) is 0 Å². The number of carbonyl (C=O) groups is 1. The number of rotatable bonds is 15. The summed E-state index contributed by atoms with van der Waals surface area (Å²) in [5.41, 5.74) is 0. The lowest BCUT2D eigenvalue weighted by atomic mass is 9.89. The smallest absolute Gasteiger partial charge is 0.308 e. The van der Waals surface area contributed by atoms with Gasteiger partial charge in [-0.3, -0.25) is 4.79 Å². The van der Waals surface area contributed by atoms with Gasteiger partial charge in [0.25, 0.3) is 5.79 Å². The zero-order valence-corrected chi connectivity index (χ0v) is 19.9. The molecule has 1 aliphatic heterocycles. The highest BCUT2D eigenvalue weighted by atomic mass is 16.7. The fourth-order valence-corrected chi connectivity index (χ4v) is 3.57. The Morgan fingerprint density at radius 3 is 2.15 bits per heavy atom. The van der Waals surface area contributed by atoms with Crippen LogP contribution in [-0.4, -0.2) is 68.0 Å². The number of allylic oxidation sites excluding steroid dienone is 6. The zero-order chi connectivity index (χ0) is 24.7. The molecule has 33 heavy (non-hydrogen) atoms. The first kappa shape index (κ1) is 29.5. The summed E-state index contributed by atoms with van der Waals surface area (Å²) in [6, 6.07) is 0. The van der Waals surface area contributed by atoms with Crippen LogP contribution >= 0.6 is 0 Å². The Bertz CT molecular complexity index is 642. The largest absolute Gasteiger partial charge is 0.424 e. The van der Waals surface area contributed by atoms with Crippen molar-refractivity contribution in [2.24, 2.45) is 0 Å². The number of unbranched alkanes of at least 4 members (excludes halogenated alkanes) is 5. The van der Waals surface area contributed by atoms with Gasteiger partial charge in [0.05, 0.1) is 6.61 Å². The molecule has 8 nitrogen and oxygen atoms in total. The molecule has 5 N–H and O–H groups in total. The Labute approximate surface area is 197 Å². The SMILES string of the molecule is CC/C=C\C/C=C\C/C=C\CCCCCCCC(=O)O[C@]1(O)[C@@H](O)[C@H](O)[C@@H](CO)OC1(C)O. The number of aliphatic hydroxyl groups is 5. The van der Waals surface area contributed by atoms with Crippen molar-refractivity contribution in [3.05, 3.63) is 36.5 Å². The summed E-state index contributed by atoms with van der Waals surface area (Å²) in [5.74, 6) is -6.16. The maximum atomic E-state index is 12.1. The van der Waals surface area contributed by atoms with Crippen LogP contribution in [0.1, 0.15) is 78.1 Å². The fraction of sp³-hybridized carbons (Fsp3) is 0.720. The summed E-state index contributed by atoms with van der Waals surface area (Å²) in [7, 11) is 0. The Morgan fingerprint density at radius 2 is 1.52 bits per heavy atom. The lowest BCUT2D eigenvalue weighted by Gasteiger charge is -2.50. The van der Waals surface area contributed by atoms with E-state index >= 15 is 0 Å². The molecule has 1 fully saturated rings. The highest BCUT2D eigenvalue weighted by molar-refractivity contribution is 5.70. The minimum absolute atomic E-state index is 0.00961. The van der Waals surface area contributed by atoms with Gasteiger partial charge in [-0.1, -0.05) is 62.6 Å². The molecule has 0 saturated carbocycles. The van der Waals surface area contributed by atoms with Gasteiger partial charge in [-0.05, 0) is 45.4 Å². The van der Waals surface area contributed by atoms with Crippen LogP contribution in [-0.2, 0) is 14.3 Å². The van der Waals surface area contributed by atoms with E-state index in [1.54, 1.807) is 0 Å². The van der Waals surface area contributed by atoms with Crippen molar-refractivity contribution in [3.8, 4) is 0 Å². The topological polar surface area (TPSA) is 137 Å². The lowest BCUT2D eigenvalue weighted by molar-refractivity contribution is -0.440. The van der Waals surface area contributed by atoms with Crippen LogP contribution in [0.4, 0.5) is 0 Å². The third-order valence-corrected chi connectivity index (χ3v) is 5.63. The standard InChI is InChI=1S/C25H42O8/c1-3-4-5-6-7-8-9-10-11-12-13-14-15-16-17-18-21(27)33-25(31)23(29)22(28)20(19-26)32-24(25,2)30/h4-5,7-8,10-11,20,22-23,26,28-31H,3,6,9,12-19H2,1-2H3/b5-4-,8-7-,11-10-/t20-,22-,23+,24?,25-/m1/s1. The second kappa shape index (κ2) is 15.4. The maximum absolute atomic E-state index is 12.1. The van der Waals surface area contributed by atoms with Crippen molar-refractivity contribution in [1.29, 1.82) is 0 Å². The van der Waals surface area contributed by atoms with Crippen molar-refractivity contribution >= 4 is 5.97 Å². The van der Waals surface area contributed by atoms with Crippen LogP contribution in [0.25, 0.3) is 0 Å². The first-order valence-corrected chi connectivity index (χ1v) is 12.0. The zero-order valence-electron chi connectivity index (χ0n) is 19.9. The van der Waals surface area contributed by atoms with Gasteiger partial charge < -0.3 is 35.0 Å². The van der Waals surface area contributed by atoms with Gasteiger partial charge in [-0.15, -0.1) is 0 Å². The monoisotopic (exact) mass is 470 g/mol. The predicted molar refractivity (Wildman–Crippen MR) is 125 cm³/mol. The van der Waals surface area contributed by atoms with E-state index in [2.05, 4.69) is 43.4 Å². The van der Waals surface area contributed by atoms with Crippen LogP contribution in [0.2, 0.25) is 0 Å². The number of hydrogen-bond donors (Lipinski definition) is 5. The molecule has 0 aromatic rings. The van der Waals surface area contributed by atoms with Crippen LogP contribution in [0.15, 0.2) is 36.5 Å². The summed E-state index contributed by atoms with van der Waals surface area (Å²) < 4.78 is 9.93. The normalized spacial score (nSPS) is 30.6. The van der Waals surface area contributed by atoms with Crippen molar-refractivity contribution in [2.75, 3.05) is 6.61 Å². The highest BCUT2D eigenvalue weighted by Crippen LogP contribution is 2.37. The van der Waals surface area contributed by atoms with Crippen LogP contribution < -0.4 is 0 Å². The van der Waals surface area contributed by atoms with E-state index in [-0.39, 0.29) is 6.42 Å². The average molecular weight is 471 g/mol. The van der Waals surface area contributed by atoms with E-state index in [4.69, 9.17) is 14.6 Å². The van der Waals surface area contributed by atoms with Crippen LogP contribution in [0.5, 0.6) is 0 Å². The van der Waals surface area contributed by atoms with Crippen molar-refractivity contribution in [1.82, 2.24) is 0 Å². The summed E-state index contributed by atoms with van der Waals surface area (Å²) in [6.07, 6.45) is 16.3. The molecule has 0 aromatic heterocycles. The molecule has 1 saturated heterocycles. The van der Waals surface area contributed by atoms with E-state index in [1.807, 2.05) is 0 Å². The molecule has 0 spiro atoms. The molecule has 0 aliphatic carbocycles. The molecule has 1 heterocycles. The Kier molecular flexibility index (Phi) is 13.7. The molecule has 5 atom stereocenters. The molecular formula is C25H42O8. The third-order valence-electron chi connectivity index (χ3n) is 5.63. The van der Waals surface area contributed by atoms with Gasteiger partial charge in [0, 0.05) is 6.42 Å². The summed E-state index contributed by atoms with van der Waals surface area (Å²) in [5, 5.41) is 50.1. The van der Waals surface area contributed by atoms with E-state index in [9.17, 15) is 25.2 Å². The molecular weight excluding hydrogens is 428 g/mol. The molecule has 0 radical (unpaired) electrons. The summed E-state index contributed by atoms with van der Waals surface area (Å²) in [6.45, 7) is 2.42. The minimum Gasteiger partial charge on any atom is -0.424 e. The molecule has 1 rings (SSSR count). The van der Waals surface area contributed by atoms with Crippen molar-refractivity contribution in [3.63, 3.8) is 0 Å². The molecule has 1 aliphatic rings. The first-order valence-electron chi connectivity index (χ1n) is 12.0. The van der Waals surface area contributed by atoms with Crippen LogP contribution in [0, 0.1) is 0 Å². The van der Waals surface area contributed by atoms with Gasteiger partial charge in [0.15, 0.2) is 6.10 Å².